The number of para-hydroxylation sites is 1. The molecule has 1 aliphatic heterocycles. The summed E-state index contributed by atoms with van der Waals surface area (Å²) < 4.78 is 28.1. The van der Waals surface area contributed by atoms with Crippen LogP contribution in [0, 0.1) is 0 Å². The summed E-state index contributed by atoms with van der Waals surface area (Å²) in [5.41, 5.74) is 2.22. The van der Waals surface area contributed by atoms with E-state index in [1.165, 1.54) is 11.3 Å². The van der Waals surface area contributed by atoms with Crippen molar-refractivity contribution in [1.29, 1.82) is 0 Å². The van der Waals surface area contributed by atoms with Gasteiger partial charge in [-0.3, -0.25) is 4.79 Å². The van der Waals surface area contributed by atoms with E-state index in [9.17, 15) is 13.2 Å². The first-order chi connectivity index (χ1) is 15.5. The number of benzene rings is 1. The number of pyridine rings is 1. The maximum atomic E-state index is 13.5. The first-order valence-electron chi connectivity index (χ1n) is 10.3. The van der Waals surface area contributed by atoms with E-state index in [2.05, 4.69) is 4.72 Å². The molecule has 5 rings (SSSR count). The number of amides is 1. The van der Waals surface area contributed by atoms with E-state index in [0.717, 1.165) is 21.5 Å². The Labute approximate surface area is 194 Å². The van der Waals surface area contributed by atoms with Crippen molar-refractivity contribution in [3.8, 4) is 10.6 Å². The maximum absolute atomic E-state index is 13.5. The Hall–Kier alpha value is -2.59. The van der Waals surface area contributed by atoms with Crippen LogP contribution in [-0.4, -0.2) is 43.3 Å². The lowest BCUT2D eigenvalue weighted by atomic mass is 10.0. The molecule has 1 aliphatic rings. The molecular weight excluding hydrogens is 462 g/mol. The number of nitrogens with one attached hydrogen (secondary N) is 1. The van der Waals surface area contributed by atoms with Gasteiger partial charge in [-0.25, -0.2) is 18.1 Å². The molecular formula is C23H21N3O3S3. The van der Waals surface area contributed by atoms with Gasteiger partial charge in [0.15, 0.2) is 0 Å². The van der Waals surface area contributed by atoms with Crippen LogP contribution in [-0.2, 0) is 10.0 Å². The summed E-state index contributed by atoms with van der Waals surface area (Å²) in [7, 11) is -3.51. The van der Waals surface area contributed by atoms with Crippen LogP contribution in [0.5, 0.6) is 0 Å². The Morgan fingerprint density at radius 2 is 1.75 bits per heavy atom. The lowest BCUT2D eigenvalue weighted by Crippen LogP contribution is -2.46. The molecule has 9 heteroatoms. The Morgan fingerprint density at radius 1 is 1.00 bits per heavy atom. The van der Waals surface area contributed by atoms with Crippen LogP contribution in [0.2, 0.25) is 0 Å². The molecule has 0 atom stereocenters. The molecule has 0 spiro atoms. The van der Waals surface area contributed by atoms with Crippen molar-refractivity contribution in [1.82, 2.24) is 14.6 Å². The third kappa shape index (κ3) is 4.21. The fraction of sp³-hybridized carbons (Fsp3) is 0.217. The van der Waals surface area contributed by atoms with Crippen molar-refractivity contribution in [3.63, 3.8) is 0 Å². The number of rotatable bonds is 5. The number of hydrogen-bond acceptors (Lipinski definition) is 6. The molecule has 0 aliphatic carbocycles. The van der Waals surface area contributed by atoms with E-state index in [1.54, 1.807) is 28.8 Å². The third-order valence-corrected chi connectivity index (χ3v) is 9.39. The van der Waals surface area contributed by atoms with Gasteiger partial charge in [0.05, 0.1) is 21.7 Å². The van der Waals surface area contributed by atoms with Crippen LogP contribution in [0.3, 0.4) is 0 Å². The number of piperidine rings is 1. The Morgan fingerprint density at radius 3 is 2.47 bits per heavy atom. The number of likely N-dealkylation sites (tertiary alicyclic amines) is 1. The summed E-state index contributed by atoms with van der Waals surface area (Å²) in [6.45, 7) is 1.00. The average molecular weight is 484 g/mol. The first-order valence-corrected chi connectivity index (χ1v) is 13.5. The Kier molecular flexibility index (Phi) is 5.81. The highest BCUT2D eigenvalue weighted by Gasteiger charge is 2.28. The van der Waals surface area contributed by atoms with Gasteiger partial charge in [-0.15, -0.1) is 22.7 Å². The van der Waals surface area contributed by atoms with Gasteiger partial charge in [0.25, 0.3) is 5.91 Å². The molecule has 1 saturated heterocycles. The predicted molar refractivity (Wildman–Crippen MR) is 129 cm³/mol. The molecule has 0 saturated carbocycles. The van der Waals surface area contributed by atoms with Crippen molar-refractivity contribution in [2.75, 3.05) is 13.1 Å². The number of fused-ring (bicyclic) bond motifs is 1. The van der Waals surface area contributed by atoms with Gasteiger partial charge >= 0.3 is 0 Å². The number of thiophene rings is 2. The third-order valence-electron chi connectivity index (χ3n) is 5.58. The zero-order chi connectivity index (χ0) is 22.1. The minimum absolute atomic E-state index is 0.0408. The lowest BCUT2D eigenvalue weighted by Gasteiger charge is -2.32. The molecule has 164 valence electrons. The van der Waals surface area contributed by atoms with E-state index in [-0.39, 0.29) is 11.9 Å². The summed E-state index contributed by atoms with van der Waals surface area (Å²) >= 11 is 2.80. The molecule has 3 aromatic heterocycles. The molecule has 1 fully saturated rings. The molecule has 32 heavy (non-hydrogen) atoms. The molecule has 1 aromatic carbocycles. The molecule has 1 amide bonds. The topological polar surface area (TPSA) is 79.4 Å². The maximum Gasteiger partial charge on any atom is 0.254 e. The van der Waals surface area contributed by atoms with Crippen LogP contribution < -0.4 is 4.72 Å². The molecule has 6 nitrogen and oxygen atoms in total. The number of sulfonamides is 1. The van der Waals surface area contributed by atoms with E-state index in [1.807, 2.05) is 52.7 Å². The fourth-order valence-electron chi connectivity index (χ4n) is 3.97. The second kappa shape index (κ2) is 8.74. The van der Waals surface area contributed by atoms with Gasteiger partial charge < -0.3 is 4.90 Å². The van der Waals surface area contributed by atoms with Crippen molar-refractivity contribution in [3.05, 3.63) is 70.9 Å². The van der Waals surface area contributed by atoms with Gasteiger partial charge in [0.1, 0.15) is 4.21 Å². The van der Waals surface area contributed by atoms with E-state index < -0.39 is 10.0 Å². The van der Waals surface area contributed by atoms with Crippen LogP contribution in [0.1, 0.15) is 23.2 Å². The van der Waals surface area contributed by atoms with E-state index in [4.69, 9.17) is 4.98 Å². The standard InChI is InChI=1S/C23H21N3O3S3/c27-23(26-11-9-16(10-12-26)25-32(28,29)22-8-4-14-31-22)18-15-20(21-7-3-13-30-21)24-19-6-2-1-5-17(18)19/h1-8,13-16,25H,9-12H2. The SMILES string of the molecule is O=C(c1cc(-c2cccs2)nc2ccccc12)N1CCC(NS(=O)(=O)c2cccs2)CC1. The summed E-state index contributed by atoms with van der Waals surface area (Å²) in [4.78, 5) is 21.1. The summed E-state index contributed by atoms with van der Waals surface area (Å²) in [5.74, 6) is -0.0408. The van der Waals surface area contributed by atoms with Crippen LogP contribution in [0.15, 0.2) is 69.6 Å². The quantitative estimate of drug-likeness (QED) is 0.450. The molecule has 4 aromatic rings. The highest BCUT2D eigenvalue weighted by atomic mass is 32.2. The van der Waals surface area contributed by atoms with Crippen LogP contribution in [0.4, 0.5) is 0 Å². The van der Waals surface area contributed by atoms with Crippen LogP contribution in [0.25, 0.3) is 21.5 Å². The van der Waals surface area contributed by atoms with Crippen molar-refractivity contribution in [2.45, 2.75) is 23.1 Å². The predicted octanol–water partition coefficient (Wildman–Crippen LogP) is 4.61. The number of hydrogen-bond donors (Lipinski definition) is 1. The van der Waals surface area contributed by atoms with E-state index in [0.29, 0.717) is 35.7 Å². The zero-order valence-corrected chi connectivity index (χ0v) is 19.6. The second-order valence-electron chi connectivity index (χ2n) is 7.67. The average Bonchev–Trinajstić information content (AvgIpc) is 3.53. The molecule has 4 heterocycles. The number of aromatic nitrogens is 1. The molecule has 0 bridgehead atoms. The van der Waals surface area contributed by atoms with Gasteiger partial charge in [-0.2, -0.15) is 0 Å². The highest BCUT2D eigenvalue weighted by molar-refractivity contribution is 7.91. The molecule has 1 N–H and O–H groups in total. The monoisotopic (exact) mass is 483 g/mol. The first kappa shape index (κ1) is 21.3. The Bertz CT molecular complexity index is 1340. The fourth-order valence-corrected chi connectivity index (χ4v) is 6.97. The summed E-state index contributed by atoms with van der Waals surface area (Å²) in [6.07, 6.45) is 1.16. The van der Waals surface area contributed by atoms with Crippen molar-refractivity contribution < 1.29 is 13.2 Å². The van der Waals surface area contributed by atoms with Gasteiger partial charge in [-0.05, 0) is 47.9 Å². The van der Waals surface area contributed by atoms with Gasteiger partial charge in [0, 0.05) is 24.5 Å². The molecule has 0 radical (unpaired) electrons. The smallest absolute Gasteiger partial charge is 0.254 e. The van der Waals surface area contributed by atoms with Gasteiger partial charge in [-0.1, -0.05) is 30.3 Å². The minimum Gasteiger partial charge on any atom is -0.339 e. The highest BCUT2D eigenvalue weighted by Crippen LogP contribution is 2.29. The number of carbonyl (C=O) groups excluding carboxylic acids is 1. The summed E-state index contributed by atoms with van der Waals surface area (Å²) in [6, 6.07) is 16.7. The summed E-state index contributed by atoms with van der Waals surface area (Å²) in [5, 5.41) is 4.58. The van der Waals surface area contributed by atoms with Crippen molar-refractivity contribution in [2.24, 2.45) is 0 Å². The molecule has 0 unspecified atom stereocenters. The minimum atomic E-state index is -3.51. The zero-order valence-electron chi connectivity index (χ0n) is 17.1. The number of nitrogens with zero attached hydrogens (tertiary/aromatic N) is 2. The number of carbonyl (C=O) groups is 1. The van der Waals surface area contributed by atoms with Gasteiger partial charge in [0.2, 0.25) is 10.0 Å². The van der Waals surface area contributed by atoms with Crippen LogP contribution >= 0.6 is 22.7 Å². The lowest BCUT2D eigenvalue weighted by molar-refractivity contribution is 0.0713. The largest absolute Gasteiger partial charge is 0.339 e. The van der Waals surface area contributed by atoms with Crippen molar-refractivity contribution >= 4 is 49.5 Å². The second-order valence-corrected chi connectivity index (χ2v) is 11.5. The Balaban J connectivity index is 1.35. The van der Waals surface area contributed by atoms with E-state index >= 15 is 0 Å². The normalized spacial score (nSPS) is 15.3.